The van der Waals surface area contributed by atoms with Crippen LogP contribution in [0.25, 0.3) is 0 Å². The SMILES string of the molecule is C[C@H](c1ccccn1)n1cnc(F)c1C(=O)OCCOC(F)(F)F. The Morgan fingerprint density at radius 1 is 1.29 bits per heavy atom. The second-order valence-electron chi connectivity index (χ2n) is 4.65. The molecule has 0 saturated carbocycles. The monoisotopic (exact) mass is 347 g/mol. The summed E-state index contributed by atoms with van der Waals surface area (Å²) in [4.78, 5) is 19.4. The molecule has 24 heavy (non-hydrogen) atoms. The second kappa shape index (κ2) is 7.39. The van der Waals surface area contributed by atoms with Crippen LogP contribution in [0, 0.1) is 5.95 Å². The van der Waals surface area contributed by atoms with E-state index >= 15 is 0 Å². The molecule has 2 heterocycles. The number of esters is 1. The number of alkyl halides is 3. The zero-order valence-corrected chi connectivity index (χ0v) is 12.5. The van der Waals surface area contributed by atoms with Gasteiger partial charge in [-0.05, 0) is 19.1 Å². The number of imidazole rings is 1. The van der Waals surface area contributed by atoms with Crippen LogP contribution in [0.3, 0.4) is 0 Å². The summed E-state index contributed by atoms with van der Waals surface area (Å²) in [6, 6.07) is 4.56. The Morgan fingerprint density at radius 3 is 2.67 bits per heavy atom. The van der Waals surface area contributed by atoms with Crippen molar-refractivity contribution in [2.45, 2.75) is 19.3 Å². The highest BCUT2D eigenvalue weighted by atomic mass is 19.4. The van der Waals surface area contributed by atoms with Gasteiger partial charge < -0.3 is 9.30 Å². The average Bonchev–Trinajstić information content (AvgIpc) is 2.92. The van der Waals surface area contributed by atoms with E-state index in [1.165, 1.54) is 10.8 Å². The van der Waals surface area contributed by atoms with Crippen LogP contribution < -0.4 is 0 Å². The lowest BCUT2D eigenvalue weighted by atomic mass is 10.2. The Labute approximate surface area is 134 Å². The van der Waals surface area contributed by atoms with Crippen molar-refractivity contribution in [1.82, 2.24) is 14.5 Å². The van der Waals surface area contributed by atoms with E-state index in [2.05, 4.69) is 19.4 Å². The number of hydrogen-bond donors (Lipinski definition) is 0. The van der Waals surface area contributed by atoms with Gasteiger partial charge in [0.25, 0.3) is 0 Å². The van der Waals surface area contributed by atoms with Crippen molar-refractivity contribution in [3.05, 3.63) is 48.1 Å². The molecular weight excluding hydrogens is 334 g/mol. The third-order valence-corrected chi connectivity index (χ3v) is 3.06. The summed E-state index contributed by atoms with van der Waals surface area (Å²) in [6.45, 7) is 0.0920. The first kappa shape index (κ1) is 17.9. The van der Waals surface area contributed by atoms with Crippen molar-refractivity contribution >= 4 is 5.97 Å². The minimum atomic E-state index is -4.83. The lowest BCUT2D eigenvalue weighted by Crippen LogP contribution is -2.21. The molecule has 0 radical (unpaired) electrons. The summed E-state index contributed by atoms with van der Waals surface area (Å²) in [5, 5.41) is 0. The highest BCUT2D eigenvalue weighted by Crippen LogP contribution is 2.20. The summed E-state index contributed by atoms with van der Waals surface area (Å²) < 4.78 is 58.5. The summed E-state index contributed by atoms with van der Waals surface area (Å²) in [7, 11) is 0. The van der Waals surface area contributed by atoms with Gasteiger partial charge in [-0.2, -0.15) is 4.39 Å². The molecule has 0 aliphatic heterocycles. The molecule has 0 bridgehead atoms. The predicted octanol–water partition coefficient (Wildman–Crippen LogP) is 2.72. The van der Waals surface area contributed by atoms with E-state index in [0.29, 0.717) is 5.69 Å². The summed E-state index contributed by atoms with van der Waals surface area (Å²) in [6.07, 6.45) is -2.20. The van der Waals surface area contributed by atoms with Gasteiger partial charge in [0, 0.05) is 6.20 Å². The van der Waals surface area contributed by atoms with Crippen molar-refractivity contribution < 1.29 is 31.8 Å². The Balaban J connectivity index is 2.08. The maximum atomic E-state index is 13.8. The molecule has 2 rings (SSSR count). The van der Waals surface area contributed by atoms with Gasteiger partial charge in [0.05, 0.1) is 24.7 Å². The first-order valence-electron chi connectivity index (χ1n) is 6.80. The zero-order valence-electron chi connectivity index (χ0n) is 12.5. The third kappa shape index (κ3) is 4.51. The molecule has 6 nitrogen and oxygen atoms in total. The van der Waals surface area contributed by atoms with Crippen molar-refractivity contribution in [2.24, 2.45) is 0 Å². The van der Waals surface area contributed by atoms with Gasteiger partial charge in [-0.25, -0.2) is 9.78 Å². The number of pyridine rings is 1. The van der Waals surface area contributed by atoms with Gasteiger partial charge in [0.15, 0.2) is 5.69 Å². The standard InChI is InChI=1S/C14H13F4N3O3/c1-9(10-4-2-3-5-19-10)21-8-20-12(15)11(21)13(22)23-6-7-24-14(16,17)18/h2-5,8-9H,6-7H2,1H3/t9-/m1/s1. The van der Waals surface area contributed by atoms with E-state index in [1.54, 1.807) is 25.1 Å². The lowest BCUT2D eigenvalue weighted by molar-refractivity contribution is -0.326. The van der Waals surface area contributed by atoms with Gasteiger partial charge in [-0.1, -0.05) is 6.07 Å². The van der Waals surface area contributed by atoms with Crippen LogP contribution in [0.1, 0.15) is 29.1 Å². The molecule has 1 atom stereocenters. The summed E-state index contributed by atoms with van der Waals surface area (Å²) >= 11 is 0. The van der Waals surface area contributed by atoms with Crippen molar-refractivity contribution in [3.63, 3.8) is 0 Å². The van der Waals surface area contributed by atoms with Crippen LogP contribution >= 0.6 is 0 Å². The molecule has 0 fully saturated rings. The molecule has 130 valence electrons. The minimum Gasteiger partial charge on any atom is -0.458 e. The Morgan fingerprint density at radius 2 is 2.04 bits per heavy atom. The molecule has 0 aliphatic carbocycles. The molecule has 10 heteroatoms. The smallest absolute Gasteiger partial charge is 0.458 e. The van der Waals surface area contributed by atoms with Crippen molar-refractivity contribution in [2.75, 3.05) is 13.2 Å². The normalized spacial score (nSPS) is 12.9. The Hall–Kier alpha value is -2.49. The van der Waals surface area contributed by atoms with E-state index in [1.807, 2.05) is 0 Å². The van der Waals surface area contributed by atoms with Gasteiger partial charge in [0.1, 0.15) is 6.61 Å². The van der Waals surface area contributed by atoms with Gasteiger partial charge >= 0.3 is 12.3 Å². The van der Waals surface area contributed by atoms with E-state index in [0.717, 1.165) is 6.33 Å². The minimum absolute atomic E-state index is 0.500. The first-order chi connectivity index (χ1) is 11.3. The van der Waals surface area contributed by atoms with Crippen molar-refractivity contribution in [3.8, 4) is 0 Å². The molecular formula is C14H13F4N3O3. The molecule has 2 aromatic rings. The van der Waals surface area contributed by atoms with Crippen molar-refractivity contribution in [1.29, 1.82) is 0 Å². The number of aromatic nitrogens is 3. The molecule has 0 unspecified atom stereocenters. The molecule has 2 aromatic heterocycles. The lowest BCUT2D eigenvalue weighted by Gasteiger charge is -2.15. The largest absolute Gasteiger partial charge is 0.522 e. The number of carbonyl (C=O) groups is 1. The number of nitrogens with zero attached hydrogens (tertiary/aromatic N) is 3. The van der Waals surface area contributed by atoms with E-state index in [9.17, 15) is 22.4 Å². The first-order valence-corrected chi connectivity index (χ1v) is 6.80. The van der Waals surface area contributed by atoms with Crippen LogP contribution in [-0.4, -0.2) is 40.1 Å². The fourth-order valence-corrected chi connectivity index (χ4v) is 1.95. The number of rotatable bonds is 6. The predicted molar refractivity (Wildman–Crippen MR) is 72.5 cm³/mol. The number of hydrogen-bond acceptors (Lipinski definition) is 5. The van der Waals surface area contributed by atoms with Crippen LogP contribution in [-0.2, 0) is 9.47 Å². The fourth-order valence-electron chi connectivity index (χ4n) is 1.95. The Bertz CT molecular complexity index is 688. The summed E-state index contributed by atoms with van der Waals surface area (Å²) in [5.41, 5.74) is 0.0458. The van der Waals surface area contributed by atoms with Gasteiger partial charge in [-0.15, -0.1) is 13.2 Å². The molecule has 0 aromatic carbocycles. The fraction of sp³-hybridized carbons (Fsp3) is 0.357. The zero-order chi connectivity index (χ0) is 17.7. The second-order valence-corrected chi connectivity index (χ2v) is 4.65. The van der Waals surface area contributed by atoms with Gasteiger partial charge in [0.2, 0.25) is 5.95 Å². The topological polar surface area (TPSA) is 66.2 Å². The van der Waals surface area contributed by atoms with Crippen LogP contribution in [0.5, 0.6) is 0 Å². The average molecular weight is 347 g/mol. The number of ether oxygens (including phenoxy) is 2. The molecule has 0 saturated heterocycles. The summed E-state index contributed by atoms with van der Waals surface area (Å²) in [5.74, 6) is -2.22. The molecule has 0 amide bonds. The maximum Gasteiger partial charge on any atom is 0.522 e. The maximum absolute atomic E-state index is 13.8. The molecule has 0 N–H and O–H groups in total. The third-order valence-electron chi connectivity index (χ3n) is 3.06. The van der Waals surface area contributed by atoms with E-state index < -0.39 is 43.2 Å². The van der Waals surface area contributed by atoms with E-state index in [4.69, 9.17) is 0 Å². The van der Waals surface area contributed by atoms with Crippen LogP contribution in [0.15, 0.2) is 30.7 Å². The van der Waals surface area contributed by atoms with Crippen LogP contribution in [0.2, 0.25) is 0 Å². The highest BCUT2D eigenvalue weighted by Gasteiger charge is 2.29. The highest BCUT2D eigenvalue weighted by molar-refractivity contribution is 5.87. The quantitative estimate of drug-likeness (QED) is 0.457. The van der Waals surface area contributed by atoms with E-state index in [-0.39, 0.29) is 0 Å². The Kier molecular flexibility index (Phi) is 5.50. The number of carbonyl (C=O) groups excluding carboxylic acids is 1. The van der Waals surface area contributed by atoms with Gasteiger partial charge in [-0.3, -0.25) is 9.72 Å². The molecule has 0 spiro atoms. The molecule has 0 aliphatic rings. The van der Waals surface area contributed by atoms with Crippen LogP contribution in [0.4, 0.5) is 17.6 Å². The number of halogens is 4.